The van der Waals surface area contributed by atoms with Crippen LogP contribution < -0.4 is 18.8 Å². The average molecular weight is 548 g/mol. The van der Waals surface area contributed by atoms with E-state index in [9.17, 15) is 0 Å². The van der Waals surface area contributed by atoms with Crippen molar-refractivity contribution in [1.29, 1.82) is 0 Å². The van der Waals surface area contributed by atoms with E-state index in [1.54, 1.807) is 14.2 Å². The molecule has 0 saturated heterocycles. The lowest BCUT2D eigenvalue weighted by atomic mass is 9.84. The van der Waals surface area contributed by atoms with E-state index in [2.05, 4.69) is 91.5 Å². The number of hydrogen-bond acceptors (Lipinski definition) is 4. The Morgan fingerprint density at radius 2 is 1.05 bits per heavy atom. The van der Waals surface area contributed by atoms with Crippen LogP contribution in [0.2, 0.25) is 6.32 Å². The van der Waals surface area contributed by atoms with Gasteiger partial charge in [-0.1, -0.05) is 78.9 Å². The molecule has 0 bridgehead atoms. The van der Waals surface area contributed by atoms with Gasteiger partial charge in [0.1, 0.15) is 23.0 Å². The summed E-state index contributed by atoms with van der Waals surface area (Å²) in [6.45, 7) is 4.01. The van der Waals surface area contributed by atoms with E-state index in [0.717, 1.165) is 77.9 Å². The Kier molecular flexibility index (Phi) is 6.56. The molecule has 0 unspecified atom stereocenters. The van der Waals surface area contributed by atoms with Crippen LogP contribution in [0, 0.1) is 0 Å². The molecule has 42 heavy (non-hydrogen) atoms. The van der Waals surface area contributed by atoms with Crippen molar-refractivity contribution in [2.45, 2.75) is 6.32 Å². The van der Waals surface area contributed by atoms with Crippen molar-refractivity contribution in [3.63, 3.8) is 0 Å². The first-order valence-corrected chi connectivity index (χ1v) is 14.0. The second kappa shape index (κ2) is 10.7. The average Bonchev–Trinajstić information content (AvgIpc) is 3.22. The first-order valence-electron chi connectivity index (χ1n) is 14.0. The van der Waals surface area contributed by atoms with Gasteiger partial charge in [0.2, 0.25) is 0 Å². The molecule has 4 nitrogen and oxygen atoms in total. The minimum Gasteiger partial charge on any atom is -0.525 e. The number of allylic oxidation sites excluding steroid dienone is 1. The van der Waals surface area contributed by atoms with Gasteiger partial charge in [0.25, 0.3) is 0 Å². The van der Waals surface area contributed by atoms with Crippen LogP contribution >= 0.6 is 0 Å². The van der Waals surface area contributed by atoms with Crippen LogP contribution in [0.15, 0.2) is 122 Å². The maximum Gasteiger partial charge on any atom is 0.598 e. The molecular weight excluding hydrogens is 519 g/mol. The van der Waals surface area contributed by atoms with Crippen LogP contribution in [0.5, 0.6) is 23.0 Å². The predicted molar refractivity (Wildman–Crippen MR) is 173 cm³/mol. The summed E-state index contributed by atoms with van der Waals surface area (Å²) in [4.78, 5) is 0. The van der Waals surface area contributed by atoms with Crippen LogP contribution in [-0.2, 0) is 0 Å². The molecule has 7 rings (SSSR count). The van der Waals surface area contributed by atoms with Crippen molar-refractivity contribution in [1.82, 2.24) is 0 Å². The normalized spacial score (nSPS) is 12.1. The molecule has 0 atom stereocenters. The zero-order chi connectivity index (χ0) is 28.6. The highest BCUT2D eigenvalue weighted by atomic mass is 16.6. The van der Waals surface area contributed by atoms with E-state index in [0.29, 0.717) is 6.32 Å². The fourth-order valence-electron chi connectivity index (χ4n) is 5.89. The van der Waals surface area contributed by atoms with E-state index in [-0.39, 0.29) is 0 Å². The third-order valence-electron chi connectivity index (χ3n) is 7.91. The lowest BCUT2D eigenvalue weighted by Crippen LogP contribution is -2.28. The number of fused-ring (bicyclic) bond motifs is 7. The lowest BCUT2D eigenvalue weighted by Gasteiger charge is -2.20. The third kappa shape index (κ3) is 4.34. The SMILES string of the molecule is C=CCB1Oc2c(-c3ccc(OC)cc3)cc3ccccc3c2-c2c(c(-c3ccc(OC)cc3)cc3ccccc23)O1. The molecule has 1 heterocycles. The van der Waals surface area contributed by atoms with Crippen molar-refractivity contribution in [3.05, 3.63) is 122 Å². The smallest absolute Gasteiger partial charge is 0.525 e. The van der Waals surface area contributed by atoms with E-state index >= 15 is 0 Å². The first kappa shape index (κ1) is 25.8. The van der Waals surface area contributed by atoms with Gasteiger partial charge in [-0.05, 0) is 69.1 Å². The van der Waals surface area contributed by atoms with Crippen LogP contribution in [-0.4, -0.2) is 21.3 Å². The van der Waals surface area contributed by atoms with Gasteiger partial charge in [0.05, 0.1) is 14.2 Å². The quantitative estimate of drug-likeness (QED) is 0.153. The van der Waals surface area contributed by atoms with Gasteiger partial charge in [0.15, 0.2) is 0 Å². The highest BCUT2D eigenvalue weighted by Crippen LogP contribution is 2.54. The van der Waals surface area contributed by atoms with E-state index < -0.39 is 7.12 Å². The zero-order valence-electron chi connectivity index (χ0n) is 23.6. The minimum absolute atomic E-state index is 0.517. The predicted octanol–water partition coefficient (Wildman–Crippen LogP) is 9.46. The lowest BCUT2D eigenvalue weighted by molar-refractivity contribution is 0.415. The zero-order valence-corrected chi connectivity index (χ0v) is 23.6. The molecule has 0 fully saturated rings. The van der Waals surface area contributed by atoms with Crippen LogP contribution in [0.25, 0.3) is 54.9 Å². The summed E-state index contributed by atoms with van der Waals surface area (Å²) in [6, 6.07) is 37.6. The van der Waals surface area contributed by atoms with Crippen molar-refractivity contribution in [2.24, 2.45) is 0 Å². The molecular formula is C37H29BO4. The molecule has 0 aromatic heterocycles. The van der Waals surface area contributed by atoms with Crippen molar-refractivity contribution >= 4 is 28.7 Å². The van der Waals surface area contributed by atoms with Crippen LogP contribution in [0.1, 0.15) is 0 Å². The Hall–Kier alpha value is -5.16. The number of ether oxygens (including phenoxy) is 2. The van der Waals surface area contributed by atoms with E-state index in [4.69, 9.17) is 18.8 Å². The standard InChI is InChI=1S/C37H29BO4/c1-4-21-38-41-36-32(24-13-17-28(39-2)18-14-24)22-26-9-5-7-11-30(26)34(36)35-31-12-8-6-10-27(31)23-33(37(35)42-38)25-15-19-29(40-3)20-16-25/h4-20,22-23H,1,21H2,2-3H3. The van der Waals surface area contributed by atoms with Gasteiger partial charge in [0, 0.05) is 28.6 Å². The Labute approximate surface area is 245 Å². The van der Waals surface area contributed by atoms with Crippen LogP contribution in [0.3, 0.4) is 0 Å². The molecule has 0 aliphatic carbocycles. The Balaban J connectivity index is 1.62. The Morgan fingerprint density at radius 3 is 1.45 bits per heavy atom. The summed E-state index contributed by atoms with van der Waals surface area (Å²) in [5, 5.41) is 4.45. The van der Waals surface area contributed by atoms with Crippen molar-refractivity contribution in [3.8, 4) is 56.4 Å². The summed E-state index contributed by atoms with van der Waals surface area (Å²) in [6.07, 6.45) is 2.36. The van der Waals surface area contributed by atoms with Crippen molar-refractivity contribution < 1.29 is 18.8 Å². The molecule has 204 valence electrons. The van der Waals surface area contributed by atoms with Gasteiger partial charge in [-0.2, -0.15) is 0 Å². The van der Waals surface area contributed by atoms with Gasteiger partial charge in [-0.25, -0.2) is 0 Å². The summed E-state index contributed by atoms with van der Waals surface area (Å²) in [7, 11) is 2.79. The number of rotatable bonds is 6. The summed E-state index contributed by atoms with van der Waals surface area (Å²) >= 11 is 0. The Morgan fingerprint density at radius 1 is 0.619 bits per heavy atom. The fraction of sp³-hybridized carbons (Fsp3) is 0.0811. The highest BCUT2D eigenvalue weighted by molar-refractivity contribution is 6.48. The first-order chi connectivity index (χ1) is 20.7. The van der Waals surface area contributed by atoms with Gasteiger partial charge in [-0.3, -0.25) is 0 Å². The molecule has 0 amide bonds. The molecule has 6 aromatic carbocycles. The van der Waals surface area contributed by atoms with E-state index in [1.807, 2.05) is 30.3 Å². The van der Waals surface area contributed by atoms with Gasteiger partial charge in [-0.15, -0.1) is 6.58 Å². The monoisotopic (exact) mass is 548 g/mol. The molecule has 1 aliphatic heterocycles. The van der Waals surface area contributed by atoms with E-state index in [1.165, 1.54) is 0 Å². The second-order valence-electron chi connectivity index (χ2n) is 10.3. The molecule has 0 radical (unpaired) electrons. The fourth-order valence-corrected chi connectivity index (χ4v) is 5.89. The maximum absolute atomic E-state index is 6.86. The molecule has 0 N–H and O–H groups in total. The maximum atomic E-state index is 6.86. The Bertz CT molecular complexity index is 1810. The number of hydrogen-bond donors (Lipinski definition) is 0. The molecule has 0 saturated carbocycles. The second-order valence-corrected chi connectivity index (χ2v) is 10.3. The van der Waals surface area contributed by atoms with Crippen molar-refractivity contribution in [2.75, 3.05) is 14.2 Å². The highest BCUT2D eigenvalue weighted by Gasteiger charge is 2.34. The van der Waals surface area contributed by atoms with Crippen LogP contribution in [0.4, 0.5) is 0 Å². The third-order valence-corrected chi connectivity index (χ3v) is 7.91. The summed E-state index contributed by atoms with van der Waals surface area (Å²) < 4.78 is 24.6. The summed E-state index contributed by atoms with van der Waals surface area (Å²) in [5.74, 6) is 3.20. The molecule has 6 aromatic rings. The van der Waals surface area contributed by atoms with Gasteiger partial charge >= 0.3 is 7.12 Å². The minimum atomic E-state index is -0.571. The number of benzene rings is 6. The summed E-state index contributed by atoms with van der Waals surface area (Å²) in [5.41, 5.74) is 6.11. The largest absolute Gasteiger partial charge is 0.598 e. The number of methoxy groups -OCH3 is 2. The molecule has 5 heteroatoms. The molecule has 1 aliphatic rings. The van der Waals surface area contributed by atoms with Gasteiger partial charge < -0.3 is 18.8 Å². The topological polar surface area (TPSA) is 36.9 Å². The molecule has 0 spiro atoms.